The second-order valence-electron chi connectivity index (χ2n) is 4.94. The number of aliphatic hydroxyl groups is 1. The molecule has 0 spiro atoms. The summed E-state index contributed by atoms with van der Waals surface area (Å²) in [4.78, 5) is 23.8. The number of halogens is 2. The van der Waals surface area contributed by atoms with E-state index in [2.05, 4.69) is 0 Å². The number of ketones is 1. The predicted molar refractivity (Wildman–Crippen MR) is 86.3 cm³/mol. The molecular weight excluding hydrogens is 339 g/mol. The molecular formula is C17H10Cl2O4. The van der Waals surface area contributed by atoms with Crippen LogP contribution in [0.5, 0.6) is 0 Å². The van der Waals surface area contributed by atoms with Gasteiger partial charge in [0.15, 0.2) is 6.10 Å². The molecule has 3 rings (SSSR count). The average Bonchev–Trinajstić information content (AvgIpc) is 2.84. The summed E-state index contributed by atoms with van der Waals surface area (Å²) >= 11 is 11.6. The number of hydrogen-bond donors (Lipinski definition) is 1. The summed E-state index contributed by atoms with van der Waals surface area (Å²) < 4.78 is 5.10. The normalized spacial score (nSPS) is 19.7. The minimum absolute atomic E-state index is 0.0976. The molecule has 0 aliphatic carbocycles. The van der Waals surface area contributed by atoms with Crippen molar-refractivity contribution >= 4 is 40.7 Å². The molecule has 6 heteroatoms. The first-order chi connectivity index (χ1) is 11.0. The van der Waals surface area contributed by atoms with Gasteiger partial charge in [0.25, 0.3) is 5.78 Å². The zero-order valence-electron chi connectivity index (χ0n) is 11.6. The molecule has 1 aliphatic rings. The fourth-order valence-corrected chi connectivity index (χ4v) is 2.57. The summed E-state index contributed by atoms with van der Waals surface area (Å²) in [5.41, 5.74) is 0.818. The molecule has 0 radical (unpaired) electrons. The number of cyclic esters (lactones) is 1. The van der Waals surface area contributed by atoms with Crippen LogP contribution in [0.15, 0.2) is 54.1 Å². The molecule has 1 aliphatic heterocycles. The molecule has 0 aromatic heterocycles. The summed E-state index contributed by atoms with van der Waals surface area (Å²) in [5.74, 6) is -2.17. The Balaban J connectivity index is 2.10. The molecule has 1 heterocycles. The van der Waals surface area contributed by atoms with Crippen LogP contribution < -0.4 is 0 Å². The maximum atomic E-state index is 12.1. The van der Waals surface area contributed by atoms with E-state index in [1.807, 2.05) is 0 Å². The van der Waals surface area contributed by atoms with Gasteiger partial charge in [-0.3, -0.25) is 4.79 Å². The van der Waals surface area contributed by atoms with Crippen molar-refractivity contribution in [3.05, 3.63) is 75.3 Å². The number of carbonyl (C=O) groups excluding carboxylic acids is 2. The standard InChI is InChI=1S/C17H10Cl2O4/c18-11-5-1-9(2-6-11)14(20)13-15(21)17(22)23-16(13)10-3-7-12(19)8-4-10/h1-8,16,20H/b14-13+. The molecule has 1 saturated heterocycles. The van der Waals surface area contributed by atoms with E-state index in [-0.39, 0.29) is 11.3 Å². The molecule has 116 valence electrons. The molecule has 0 amide bonds. The number of hydrogen-bond acceptors (Lipinski definition) is 4. The van der Waals surface area contributed by atoms with Gasteiger partial charge in [-0.05, 0) is 42.0 Å². The zero-order valence-corrected chi connectivity index (χ0v) is 13.1. The van der Waals surface area contributed by atoms with Crippen molar-refractivity contribution < 1.29 is 19.4 Å². The summed E-state index contributed by atoms with van der Waals surface area (Å²) in [5, 5.41) is 11.4. The molecule has 0 saturated carbocycles. The Hall–Kier alpha value is -2.30. The number of esters is 1. The monoisotopic (exact) mass is 348 g/mol. The number of aliphatic hydroxyl groups excluding tert-OH is 1. The zero-order chi connectivity index (χ0) is 16.6. The second kappa shape index (κ2) is 6.07. The summed E-state index contributed by atoms with van der Waals surface area (Å²) in [6.45, 7) is 0. The number of benzene rings is 2. The molecule has 2 aromatic carbocycles. The van der Waals surface area contributed by atoms with Crippen LogP contribution in [0.1, 0.15) is 17.2 Å². The Morgan fingerprint density at radius 1 is 0.913 bits per heavy atom. The first-order valence-electron chi connectivity index (χ1n) is 6.67. The largest absolute Gasteiger partial charge is 0.507 e. The highest BCUT2D eigenvalue weighted by molar-refractivity contribution is 6.44. The van der Waals surface area contributed by atoms with Crippen molar-refractivity contribution in [2.24, 2.45) is 0 Å². The summed E-state index contributed by atoms with van der Waals surface area (Å²) in [7, 11) is 0. The van der Waals surface area contributed by atoms with E-state index in [0.29, 0.717) is 21.2 Å². The van der Waals surface area contributed by atoms with E-state index < -0.39 is 17.9 Å². The highest BCUT2D eigenvalue weighted by Crippen LogP contribution is 2.37. The summed E-state index contributed by atoms with van der Waals surface area (Å²) in [6.07, 6.45) is -0.969. The van der Waals surface area contributed by atoms with Crippen molar-refractivity contribution in [2.75, 3.05) is 0 Å². The third-order valence-electron chi connectivity index (χ3n) is 3.46. The third-order valence-corrected chi connectivity index (χ3v) is 3.97. The van der Waals surface area contributed by atoms with Gasteiger partial charge < -0.3 is 9.84 Å². The van der Waals surface area contributed by atoms with E-state index in [9.17, 15) is 14.7 Å². The minimum Gasteiger partial charge on any atom is -0.507 e. The van der Waals surface area contributed by atoms with Gasteiger partial charge in [-0.2, -0.15) is 0 Å². The number of carbonyl (C=O) groups is 2. The topological polar surface area (TPSA) is 63.6 Å². The fraction of sp³-hybridized carbons (Fsp3) is 0.0588. The summed E-state index contributed by atoms with van der Waals surface area (Å²) in [6, 6.07) is 12.8. The van der Waals surface area contributed by atoms with Gasteiger partial charge in [0.2, 0.25) is 0 Å². The quantitative estimate of drug-likeness (QED) is 0.383. The van der Waals surface area contributed by atoms with Crippen molar-refractivity contribution in [1.82, 2.24) is 0 Å². The van der Waals surface area contributed by atoms with Gasteiger partial charge in [0.05, 0.1) is 5.57 Å². The highest BCUT2D eigenvalue weighted by atomic mass is 35.5. The maximum Gasteiger partial charge on any atom is 0.380 e. The molecule has 4 nitrogen and oxygen atoms in total. The lowest BCUT2D eigenvalue weighted by Gasteiger charge is -2.12. The Labute approximate surface area is 141 Å². The van der Waals surface area contributed by atoms with Crippen LogP contribution in [0.4, 0.5) is 0 Å². The second-order valence-corrected chi connectivity index (χ2v) is 5.81. The first kappa shape index (κ1) is 15.6. The molecule has 1 unspecified atom stereocenters. The van der Waals surface area contributed by atoms with E-state index in [1.165, 1.54) is 0 Å². The van der Waals surface area contributed by atoms with E-state index in [1.54, 1.807) is 48.5 Å². The SMILES string of the molecule is O=C1OC(c2ccc(Cl)cc2)/C(=C(/O)c2ccc(Cl)cc2)C1=O. The van der Waals surface area contributed by atoms with Crippen LogP contribution in [-0.2, 0) is 14.3 Å². The van der Waals surface area contributed by atoms with Gasteiger partial charge in [0, 0.05) is 15.6 Å². The van der Waals surface area contributed by atoms with Crippen molar-refractivity contribution in [1.29, 1.82) is 0 Å². The van der Waals surface area contributed by atoms with Gasteiger partial charge in [0.1, 0.15) is 5.76 Å². The lowest BCUT2D eigenvalue weighted by molar-refractivity contribution is -0.149. The molecule has 2 aromatic rings. The number of rotatable bonds is 2. The number of Topliss-reactive ketones (excluding diaryl/α,β-unsaturated/α-hetero) is 1. The molecule has 23 heavy (non-hydrogen) atoms. The molecule has 0 bridgehead atoms. The van der Waals surface area contributed by atoms with E-state index in [4.69, 9.17) is 27.9 Å². The van der Waals surface area contributed by atoms with Crippen molar-refractivity contribution in [2.45, 2.75) is 6.10 Å². The van der Waals surface area contributed by atoms with Crippen molar-refractivity contribution in [3.63, 3.8) is 0 Å². The Kier molecular flexibility index (Phi) is 4.11. The van der Waals surface area contributed by atoms with Crippen molar-refractivity contribution in [3.8, 4) is 0 Å². The van der Waals surface area contributed by atoms with Crippen LogP contribution >= 0.6 is 23.2 Å². The number of ether oxygens (including phenoxy) is 1. The fourth-order valence-electron chi connectivity index (χ4n) is 2.32. The van der Waals surface area contributed by atoms with E-state index in [0.717, 1.165) is 0 Å². The van der Waals surface area contributed by atoms with Crippen LogP contribution in [0.25, 0.3) is 5.76 Å². The van der Waals surface area contributed by atoms with Crippen LogP contribution in [0.3, 0.4) is 0 Å². The lowest BCUT2D eigenvalue weighted by Crippen LogP contribution is -2.08. The van der Waals surface area contributed by atoms with Crippen LogP contribution in [0.2, 0.25) is 10.0 Å². The van der Waals surface area contributed by atoms with Gasteiger partial charge in [-0.25, -0.2) is 4.79 Å². The smallest absolute Gasteiger partial charge is 0.380 e. The first-order valence-corrected chi connectivity index (χ1v) is 7.43. The van der Waals surface area contributed by atoms with Gasteiger partial charge >= 0.3 is 5.97 Å². The third kappa shape index (κ3) is 2.96. The Morgan fingerprint density at radius 2 is 1.43 bits per heavy atom. The lowest BCUT2D eigenvalue weighted by atomic mass is 9.97. The van der Waals surface area contributed by atoms with Gasteiger partial charge in [-0.15, -0.1) is 0 Å². The van der Waals surface area contributed by atoms with Crippen LogP contribution in [-0.4, -0.2) is 16.9 Å². The maximum absolute atomic E-state index is 12.1. The molecule has 1 fully saturated rings. The minimum atomic E-state index is -1.000. The predicted octanol–water partition coefficient (Wildman–Crippen LogP) is 4.13. The average molecular weight is 349 g/mol. The van der Waals surface area contributed by atoms with E-state index >= 15 is 0 Å². The Bertz CT molecular complexity index is 807. The van der Waals surface area contributed by atoms with Crippen LogP contribution in [0, 0.1) is 0 Å². The van der Waals surface area contributed by atoms with Gasteiger partial charge in [-0.1, -0.05) is 35.3 Å². The molecule has 1 N–H and O–H groups in total. The molecule has 1 atom stereocenters. The highest BCUT2D eigenvalue weighted by Gasteiger charge is 2.42. The Morgan fingerprint density at radius 3 is 2.00 bits per heavy atom.